The first kappa shape index (κ1) is 25.8. The number of nitrogens with zero attached hydrogens (tertiary/aromatic N) is 1. The molecule has 7 heteroatoms. The van der Waals surface area contributed by atoms with E-state index in [2.05, 4.69) is 5.32 Å². The summed E-state index contributed by atoms with van der Waals surface area (Å²) in [7, 11) is 3.16. The summed E-state index contributed by atoms with van der Waals surface area (Å²) in [6.07, 6.45) is 5.55. The SMILES string of the molecule is COc1ccc(C(C(=O)NC2CCCCC2)N(Cc2ccccc2)C(=O)Cc2cccs2)c(OC)c1. The second kappa shape index (κ2) is 12.6. The fraction of sp³-hybridized carbons (Fsp3) is 0.379. The first-order chi connectivity index (χ1) is 17.6. The molecule has 1 saturated carbocycles. The summed E-state index contributed by atoms with van der Waals surface area (Å²) < 4.78 is 11.1. The fourth-order valence-electron chi connectivity index (χ4n) is 4.79. The predicted molar refractivity (Wildman–Crippen MR) is 142 cm³/mol. The number of nitrogens with one attached hydrogen (secondary N) is 1. The van der Waals surface area contributed by atoms with Gasteiger partial charge in [0.1, 0.15) is 17.5 Å². The molecule has 1 aromatic heterocycles. The molecule has 2 aromatic carbocycles. The summed E-state index contributed by atoms with van der Waals surface area (Å²) in [4.78, 5) is 30.5. The number of hydrogen-bond donors (Lipinski definition) is 1. The maximum Gasteiger partial charge on any atom is 0.247 e. The zero-order valence-electron chi connectivity index (χ0n) is 20.9. The van der Waals surface area contributed by atoms with E-state index in [0.29, 0.717) is 23.6 Å². The van der Waals surface area contributed by atoms with Gasteiger partial charge in [-0.1, -0.05) is 55.7 Å². The number of carbonyl (C=O) groups excluding carboxylic acids is 2. The van der Waals surface area contributed by atoms with Crippen LogP contribution < -0.4 is 14.8 Å². The molecule has 1 N–H and O–H groups in total. The monoisotopic (exact) mass is 506 g/mol. The van der Waals surface area contributed by atoms with Crippen molar-refractivity contribution in [3.63, 3.8) is 0 Å². The van der Waals surface area contributed by atoms with E-state index in [-0.39, 0.29) is 24.3 Å². The third-order valence-corrected chi connectivity index (χ3v) is 7.54. The Kier molecular flexibility index (Phi) is 9.01. The first-order valence-corrected chi connectivity index (χ1v) is 13.3. The molecule has 1 aliphatic rings. The van der Waals surface area contributed by atoms with Crippen molar-refractivity contribution in [3.05, 3.63) is 82.0 Å². The minimum Gasteiger partial charge on any atom is -0.497 e. The highest BCUT2D eigenvalue weighted by Gasteiger charge is 2.35. The highest BCUT2D eigenvalue weighted by molar-refractivity contribution is 7.10. The van der Waals surface area contributed by atoms with E-state index in [1.165, 1.54) is 6.42 Å². The summed E-state index contributed by atoms with van der Waals surface area (Å²) >= 11 is 1.54. The molecule has 0 aliphatic heterocycles. The summed E-state index contributed by atoms with van der Waals surface area (Å²) in [5.41, 5.74) is 1.60. The summed E-state index contributed by atoms with van der Waals surface area (Å²) in [5.74, 6) is 0.852. The molecule has 1 heterocycles. The summed E-state index contributed by atoms with van der Waals surface area (Å²) in [6.45, 7) is 0.309. The van der Waals surface area contributed by atoms with Crippen LogP contribution in [0.4, 0.5) is 0 Å². The fourth-order valence-corrected chi connectivity index (χ4v) is 5.49. The smallest absolute Gasteiger partial charge is 0.247 e. The average molecular weight is 507 g/mol. The minimum atomic E-state index is -0.847. The predicted octanol–water partition coefficient (Wildman–Crippen LogP) is 5.53. The average Bonchev–Trinajstić information content (AvgIpc) is 3.42. The van der Waals surface area contributed by atoms with Crippen LogP contribution in [0.25, 0.3) is 0 Å². The molecule has 1 unspecified atom stereocenters. The van der Waals surface area contributed by atoms with Crippen LogP contribution in [0.15, 0.2) is 66.0 Å². The van der Waals surface area contributed by atoms with Crippen molar-refractivity contribution in [1.29, 1.82) is 0 Å². The Labute approximate surface area is 217 Å². The van der Waals surface area contributed by atoms with E-state index in [9.17, 15) is 9.59 Å². The number of carbonyl (C=O) groups is 2. The molecule has 4 rings (SSSR count). The Balaban J connectivity index is 1.75. The van der Waals surface area contributed by atoms with Crippen molar-refractivity contribution in [2.45, 2.75) is 57.2 Å². The van der Waals surface area contributed by atoms with Gasteiger partial charge in [0.15, 0.2) is 0 Å². The molecule has 36 heavy (non-hydrogen) atoms. The molecule has 0 radical (unpaired) electrons. The Morgan fingerprint density at radius 2 is 1.78 bits per heavy atom. The molecule has 1 aliphatic carbocycles. The maximum atomic E-state index is 14.0. The third-order valence-electron chi connectivity index (χ3n) is 6.67. The normalized spacial score (nSPS) is 14.6. The molecule has 3 aromatic rings. The van der Waals surface area contributed by atoms with Crippen molar-refractivity contribution < 1.29 is 19.1 Å². The van der Waals surface area contributed by atoms with E-state index in [1.807, 2.05) is 60.0 Å². The second-order valence-electron chi connectivity index (χ2n) is 9.12. The van der Waals surface area contributed by atoms with Crippen LogP contribution in [-0.4, -0.2) is 37.0 Å². The van der Waals surface area contributed by atoms with Gasteiger partial charge in [-0.15, -0.1) is 11.3 Å². The van der Waals surface area contributed by atoms with E-state index in [1.54, 1.807) is 36.5 Å². The zero-order chi connectivity index (χ0) is 25.3. The second-order valence-corrected chi connectivity index (χ2v) is 10.1. The van der Waals surface area contributed by atoms with Crippen LogP contribution in [0.2, 0.25) is 0 Å². The molecular weight excluding hydrogens is 472 g/mol. The quantitative estimate of drug-likeness (QED) is 0.393. The van der Waals surface area contributed by atoms with Crippen molar-refractivity contribution >= 4 is 23.2 Å². The van der Waals surface area contributed by atoms with Crippen LogP contribution >= 0.6 is 11.3 Å². The lowest BCUT2D eigenvalue weighted by Crippen LogP contribution is -2.47. The number of methoxy groups -OCH3 is 2. The van der Waals surface area contributed by atoms with Gasteiger partial charge in [-0.05, 0) is 42.0 Å². The molecular formula is C29H34N2O4S. The topological polar surface area (TPSA) is 67.9 Å². The van der Waals surface area contributed by atoms with Gasteiger partial charge in [0.25, 0.3) is 0 Å². The molecule has 1 fully saturated rings. The number of hydrogen-bond acceptors (Lipinski definition) is 5. The molecule has 0 spiro atoms. The van der Waals surface area contributed by atoms with Gasteiger partial charge in [0.2, 0.25) is 11.8 Å². The van der Waals surface area contributed by atoms with Gasteiger partial charge in [-0.2, -0.15) is 0 Å². The third kappa shape index (κ3) is 6.46. The van der Waals surface area contributed by atoms with Gasteiger partial charge in [-0.25, -0.2) is 0 Å². The molecule has 1 atom stereocenters. The van der Waals surface area contributed by atoms with Crippen LogP contribution in [-0.2, 0) is 22.6 Å². The Morgan fingerprint density at radius 3 is 2.44 bits per heavy atom. The van der Waals surface area contributed by atoms with E-state index >= 15 is 0 Å². The number of benzene rings is 2. The first-order valence-electron chi connectivity index (χ1n) is 12.5. The lowest BCUT2D eigenvalue weighted by molar-refractivity contribution is -0.141. The van der Waals surface area contributed by atoms with Crippen molar-refractivity contribution in [1.82, 2.24) is 10.2 Å². The lowest BCUT2D eigenvalue weighted by atomic mass is 9.94. The molecule has 0 saturated heterocycles. The highest BCUT2D eigenvalue weighted by Crippen LogP contribution is 2.35. The molecule has 0 bridgehead atoms. The largest absolute Gasteiger partial charge is 0.497 e. The van der Waals surface area contributed by atoms with E-state index in [0.717, 1.165) is 36.1 Å². The summed E-state index contributed by atoms with van der Waals surface area (Å²) in [6, 6.07) is 18.4. The molecule has 190 valence electrons. The van der Waals surface area contributed by atoms with Crippen molar-refractivity contribution in [3.8, 4) is 11.5 Å². The van der Waals surface area contributed by atoms with E-state index < -0.39 is 6.04 Å². The van der Waals surface area contributed by atoms with Crippen molar-refractivity contribution in [2.24, 2.45) is 0 Å². The van der Waals surface area contributed by atoms with Crippen LogP contribution in [0, 0.1) is 0 Å². The van der Waals surface area contributed by atoms with Gasteiger partial charge < -0.3 is 19.7 Å². The van der Waals surface area contributed by atoms with Gasteiger partial charge >= 0.3 is 0 Å². The van der Waals surface area contributed by atoms with Crippen LogP contribution in [0.3, 0.4) is 0 Å². The van der Waals surface area contributed by atoms with Crippen LogP contribution in [0.1, 0.15) is 54.1 Å². The number of ether oxygens (including phenoxy) is 2. The Hall–Kier alpha value is -3.32. The van der Waals surface area contributed by atoms with Gasteiger partial charge in [-0.3, -0.25) is 9.59 Å². The number of thiophene rings is 1. The molecule has 2 amide bonds. The van der Waals surface area contributed by atoms with Gasteiger partial charge in [0.05, 0.1) is 20.6 Å². The minimum absolute atomic E-state index is 0.108. The summed E-state index contributed by atoms with van der Waals surface area (Å²) in [5, 5.41) is 5.22. The Bertz CT molecular complexity index is 1130. The van der Waals surface area contributed by atoms with Crippen LogP contribution in [0.5, 0.6) is 11.5 Å². The van der Waals surface area contributed by atoms with Gasteiger partial charge in [0, 0.05) is 29.1 Å². The van der Waals surface area contributed by atoms with Crippen molar-refractivity contribution in [2.75, 3.05) is 14.2 Å². The maximum absolute atomic E-state index is 14.0. The Morgan fingerprint density at radius 1 is 1.00 bits per heavy atom. The zero-order valence-corrected chi connectivity index (χ0v) is 21.8. The van der Waals surface area contributed by atoms with E-state index in [4.69, 9.17) is 9.47 Å². The number of amides is 2. The standard InChI is InChI=1S/C29H34N2O4S/c1-34-23-15-16-25(26(18-23)35-2)28(29(33)30-22-12-7-4-8-13-22)31(20-21-10-5-3-6-11-21)27(32)19-24-14-9-17-36-24/h3,5-6,9-11,14-18,22,28H,4,7-8,12-13,19-20H2,1-2H3,(H,30,33). The highest BCUT2D eigenvalue weighted by atomic mass is 32.1. The number of rotatable bonds is 10. The molecule has 6 nitrogen and oxygen atoms in total. The lowest BCUT2D eigenvalue weighted by Gasteiger charge is -2.34.